The molecule has 3 aromatic rings. The number of nitrogens with one attached hydrogen (secondary N) is 1. The van der Waals surface area contributed by atoms with Crippen LogP contribution in [0.25, 0.3) is 10.8 Å². The fraction of sp³-hybridized carbons (Fsp3) is 0.100. The maximum absolute atomic E-state index is 12.2. The lowest BCUT2D eigenvalue weighted by Crippen LogP contribution is -2.33. The summed E-state index contributed by atoms with van der Waals surface area (Å²) in [5, 5.41) is 16.0. The van der Waals surface area contributed by atoms with Crippen LogP contribution in [-0.2, 0) is 4.79 Å². The molecule has 1 amide bonds. The predicted octanol–water partition coefficient (Wildman–Crippen LogP) is 4.12. The van der Waals surface area contributed by atoms with Crippen LogP contribution < -0.4 is 10.2 Å². The third kappa shape index (κ3) is 4.13. The van der Waals surface area contributed by atoms with E-state index in [0.717, 1.165) is 10.8 Å². The lowest BCUT2D eigenvalue weighted by atomic mass is 10.1. The molecule has 0 radical (unpaired) electrons. The van der Waals surface area contributed by atoms with E-state index in [9.17, 15) is 9.90 Å². The minimum atomic E-state index is -0.745. The number of phenols is 1. The van der Waals surface area contributed by atoms with E-state index < -0.39 is 12.0 Å². The first-order valence-electron chi connectivity index (χ1n) is 8.00. The van der Waals surface area contributed by atoms with E-state index in [-0.39, 0.29) is 5.75 Å². The monoisotopic (exact) mass is 368 g/mol. The van der Waals surface area contributed by atoms with Gasteiger partial charge in [0.2, 0.25) is 0 Å². The number of hydrogen-bond donors (Lipinski definition) is 2. The van der Waals surface area contributed by atoms with E-state index in [1.807, 2.05) is 42.5 Å². The average Bonchev–Trinajstić information content (AvgIpc) is 2.64. The van der Waals surface area contributed by atoms with Gasteiger partial charge in [0.1, 0.15) is 11.5 Å². The number of phenolic OH excluding ortho intramolecular Hbond substituents is 1. The van der Waals surface area contributed by atoms with Crippen LogP contribution in [0.15, 0.2) is 65.8 Å². The standard InChI is InChI=1S/C20H17ClN2O3/c1-13(26-19-8-4-6-14-5-2-3-7-17(14)19)20(25)23-22-12-15-11-16(21)9-10-18(15)24/h2-13,24H,1H3,(H,23,25)/b22-12+. The highest BCUT2D eigenvalue weighted by molar-refractivity contribution is 6.30. The molecule has 0 heterocycles. The molecule has 0 aromatic heterocycles. The van der Waals surface area contributed by atoms with Crippen molar-refractivity contribution in [2.45, 2.75) is 13.0 Å². The van der Waals surface area contributed by atoms with Gasteiger partial charge in [0.25, 0.3) is 5.91 Å². The van der Waals surface area contributed by atoms with Crippen molar-refractivity contribution in [3.8, 4) is 11.5 Å². The number of amides is 1. The summed E-state index contributed by atoms with van der Waals surface area (Å²) in [6.45, 7) is 1.64. The number of ether oxygens (including phenoxy) is 1. The topological polar surface area (TPSA) is 70.9 Å². The van der Waals surface area contributed by atoms with Gasteiger partial charge in [-0.15, -0.1) is 0 Å². The molecule has 5 nitrogen and oxygen atoms in total. The smallest absolute Gasteiger partial charge is 0.280 e. The van der Waals surface area contributed by atoms with Crippen LogP contribution in [0.2, 0.25) is 5.02 Å². The number of halogens is 1. The van der Waals surface area contributed by atoms with Crippen molar-refractivity contribution in [2.75, 3.05) is 0 Å². The van der Waals surface area contributed by atoms with Crippen molar-refractivity contribution in [3.63, 3.8) is 0 Å². The summed E-state index contributed by atoms with van der Waals surface area (Å²) in [6.07, 6.45) is 0.579. The van der Waals surface area contributed by atoms with Crippen LogP contribution in [-0.4, -0.2) is 23.3 Å². The van der Waals surface area contributed by atoms with Crippen LogP contribution >= 0.6 is 11.6 Å². The van der Waals surface area contributed by atoms with Crippen molar-refractivity contribution in [2.24, 2.45) is 5.10 Å². The minimum Gasteiger partial charge on any atom is -0.507 e. The summed E-state index contributed by atoms with van der Waals surface area (Å²) in [6, 6.07) is 18.0. The van der Waals surface area contributed by atoms with Crippen LogP contribution in [0.5, 0.6) is 11.5 Å². The third-order valence-electron chi connectivity index (χ3n) is 3.79. The summed E-state index contributed by atoms with van der Waals surface area (Å²) in [4.78, 5) is 12.2. The molecular weight excluding hydrogens is 352 g/mol. The molecule has 132 valence electrons. The number of carbonyl (C=O) groups is 1. The molecule has 26 heavy (non-hydrogen) atoms. The Labute approximate surface area is 155 Å². The van der Waals surface area contributed by atoms with Crippen LogP contribution in [0.4, 0.5) is 0 Å². The molecule has 0 aliphatic heterocycles. The van der Waals surface area contributed by atoms with E-state index in [1.54, 1.807) is 19.1 Å². The molecule has 1 unspecified atom stereocenters. The van der Waals surface area contributed by atoms with Gasteiger partial charge < -0.3 is 9.84 Å². The fourth-order valence-corrected chi connectivity index (χ4v) is 2.61. The second kappa shape index (κ2) is 7.89. The molecule has 3 rings (SSSR count). The van der Waals surface area contributed by atoms with Crippen molar-refractivity contribution in [1.82, 2.24) is 5.43 Å². The Kier molecular flexibility index (Phi) is 5.39. The van der Waals surface area contributed by atoms with Gasteiger partial charge in [0.05, 0.1) is 6.21 Å². The zero-order chi connectivity index (χ0) is 18.5. The summed E-state index contributed by atoms with van der Waals surface area (Å²) in [5.74, 6) is 0.241. The lowest BCUT2D eigenvalue weighted by Gasteiger charge is -2.14. The first-order valence-corrected chi connectivity index (χ1v) is 8.38. The summed E-state index contributed by atoms with van der Waals surface area (Å²) < 4.78 is 5.78. The summed E-state index contributed by atoms with van der Waals surface area (Å²) >= 11 is 5.87. The Morgan fingerprint density at radius 3 is 2.81 bits per heavy atom. The highest BCUT2D eigenvalue weighted by atomic mass is 35.5. The first-order chi connectivity index (χ1) is 12.5. The van der Waals surface area contributed by atoms with Gasteiger partial charge >= 0.3 is 0 Å². The van der Waals surface area contributed by atoms with Crippen molar-refractivity contribution < 1.29 is 14.6 Å². The van der Waals surface area contributed by atoms with Gasteiger partial charge in [0.15, 0.2) is 6.10 Å². The number of rotatable bonds is 5. The highest BCUT2D eigenvalue weighted by Gasteiger charge is 2.15. The number of fused-ring (bicyclic) bond motifs is 1. The summed E-state index contributed by atoms with van der Waals surface area (Å²) in [5.41, 5.74) is 2.80. The maximum Gasteiger partial charge on any atom is 0.280 e. The van der Waals surface area contributed by atoms with Crippen LogP contribution in [0.3, 0.4) is 0 Å². The Morgan fingerprint density at radius 2 is 1.96 bits per heavy atom. The van der Waals surface area contributed by atoms with E-state index in [2.05, 4.69) is 10.5 Å². The molecule has 0 bridgehead atoms. The molecule has 0 aliphatic carbocycles. The molecule has 2 N–H and O–H groups in total. The van der Waals surface area contributed by atoms with Crippen LogP contribution in [0, 0.1) is 0 Å². The van der Waals surface area contributed by atoms with Crippen LogP contribution in [0.1, 0.15) is 12.5 Å². The Hall–Kier alpha value is -3.05. The quantitative estimate of drug-likeness (QED) is 0.525. The van der Waals surface area contributed by atoms with E-state index >= 15 is 0 Å². The second-order valence-corrected chi connectivity index (χ2v) is 6.11. The number of carbonyl (C=O) groups excluding carboxylic acids is 1. The number of hydrazone groups is 1. The summed E-state index contributed by atoms with van der Waals surface area (Å²) in [7, 11) is 0. The zero-order valence-electron chi connectivity index (χ0n) is 14.0. The molecule has 0 spiro atoms. The van der Waals surface area contributed by atoms with Crippen molar-refractivity contribution >= 4 is 34.5 Å². The Bertz CT molecular complexity index is 967. The van der Waals surface area contributed by atoms with Gasteiger partial charge in [-0.05, 0) is 36.6 Å². The molecule has 3 aromatic carbocycles. The normalized spacial score (nSPS) is 12.2. The predicted molar refractivity (Wildman–Crippen MR) is 103 cm³/mol. The molecule has 0 aliphatic rings. The molecular formula is C20H17ClN2O3. The van der Waals surface area contributed by atoms with E-state index in [4.69, 9.17) is 16.3 Å². The number of nitrogens with zero attached hydrogens (tertiary/aromatic N) is 1. The van der Waals surface area contributed by atoms with Crippen molar-refractivity contribution in [3.05, 3.63) is 71.2 Å². The number of aromatic hydroxyl groups is 1. The van der Waals surface area contributed by atoms with Gasteiger partial charge in [-0.2, -0.15) is 5.10 Å². The molecule has 0 saturated carbocycles. The molecule has 0 fully saturated rings. The SMILES string of the molecule is CC(Oc1cccc2ccccc12)C(=O)N/N=C/c1cc(Cl)ccc1O. The van der Waals surface area contributed by atoms with Gasteiger partial charge in [-0.3, -0.25) is 4.79 Å². The fourth-order valence-electron chi connectivity index (χ4n) is 2.43. The molecule has 1 atom stereocenters. The second-order valence-electron chi connectivity index (χ2n) is 5.67. The van der Waals surface area contributed by atoms with E-state index in [1.165, 1.54) is 12.3 Å². The minimum absolute atomic E-state index is 0.0208. The van der Waals surface area contributed by atoms with Crippen molar-refractivity contribution in [1.29, 1.82) is 0 Å². The first kappa shape index (κ1) is 17.8. The van der Waals surface area contributed by atoms with E-state index in [0.29, 0.717) is 16.3 Å². The maximum atomic E-state index is 12.2. The highest BCUT2D eigenvalue weighted by Crippen LogP contribution is 2.26. The number of benzene rings is 3. The Balaban J connectivity index is 1.66. The Morgan fingerprint density at radius 1 is 1.19 bits per heavy atom. The molecule has 6 heteroatoms. The van der Waals surface area contributed by atoms with Gasteiger partial charge in [0, 0.05) is 16.0 Å². The third-order valence-corrected chi connectivity index (χ3v) is 4.03. The lowest BCUT2D eigenvalue weighted by molar-refractivity contribution is -0.127. The number of hydrogen-bond acceptors (Lipinski definition) is 4. The van der Waals surface area contributed by atoms with Gasteiger partial charge in [-0.1, -0.05) is 48.0 Å². The average molecular weight is 369 g/mol. The largest absolute Gasteiger partial charge is 0.507 e. The zero-order valence-corrected chi connectivity index (χ0v) is 14.8. The van der Waals surface area contributed by atoms with Gasteiger partial charge in [-0.25, -0.2) is 5.43 Å². The molecule has 0 saturated heterocycles.